The van der Waals surface area contributed by atoms with E-state index in [0.717, 1.165) is 12.1 Å². The van der Waals surface area contributed by atoms with E-state index in [1.165, 1.54) is 0 Å². The number of nitrogens with zero attached hydrogens (tertiary/aromatic N) is 1. The van der Waals surface area contributed by atoms with Gasteiger partial charge in [-0.25, -0.2) is 0 Å². The van der Waals surface area contributed by atoms with Crippen LogP contribution in [-0.2, 0) is 9.59 Å². The summed E-state index contributed by atoms with van der Waals surface area (Å²) in [6, 6.07) is 6.75. The molecule has 0 aromatic heterocycles. The first-order valence-corrected chi connectivity index (χ1v) is 6.23. The summed E-state index contributed by atoms with van der Waals surface area (Å²) in [5.41, 5.74) is 1.27. The maximum atomic E-state index is 11.7. The summed E-state index contributed by atoms with van der Waals surface area (Å²) < 4.78 is 0. The number of anilines is 1. The molecule has 5 nitrogen and oxygen atoms in total. The van der Waals surface area contributed by atoms with E-state index < -0.39 is 5.97 Å². The Morgan fingerprint density at radius 2 is 1.84 bits per heavy atom. The van der Waals surface area contributed by atoms with Gasteiger partial charge in [-0.2, -0.15) is 0 Å². The van der Waals surface area contributed by atoms with Crippen molar-refractivity contribution in [2.45, 2.75) is 25.7 Å². The summed E-state index contributed by atoms with van der Waals surface area (Å²) in [6.45, 7) is 0.713. The SMILES string of the molecule is O=C(O)CCC(=O)c1ccc(N2CCCC2=O)cc1. The minimum atomic E-state index is -0.979. The molecule has 1 aromatic carbocycles. The monoisotopic (exact) mass is 261 g/mol. The lowest BCUT2D eigenvalue weighted by Crippen LogP contribution is -2.23. The summed E-state index contributed by atoms with van der Waals surface area (Å²) in [4.78, 5) is 35.4. The third kappa shape index (κ3) is 3.19. The fourth-order valence-corrected chi connectivity index (χ4v) is 2.11. The maximum Gasteiger partial charge on any atom is 0.303 e. The van der Waals surface area contributed by atoms with Crippen molar-refractivity contribution in [1.82, 2.24) is 0 Å². The van der Waals surface area contributed by atoms with Crippen molar-refractivity contribution in [3.63, 3.8) is 0 Å². The number of carboxylic acids is 1. The van der Waals surface area contributed by atoms with Gasteiger partial charge in [0.1, 0.15) is 0 Å². The maximum absolute atomic E-state index is 11.7. The lowest BCUT2D eigenvalue weighted by molar-refractivity contribution is -0.137. The Bertz CT molecular complexity index is 507. The number of benzene rings is 1. The van der Waals surface area contributed by atoms with Crippen LogP contribution in [0, 0.1) is 0 Å². The first-order chi connectivity index (χ1) is 9.08. The minimum Gasteiger partial charge on any atom is -0.481 e. The van der Waals surface area contributed by atoms with Gasteiger partial charge in [-0.3, -0.25) is 14.4 Å². The molecule has 1 aliphatic heterocycles. The van der Waals surface area contributed by atoms with E-state index >= 15 is 0 Å². The van der Waals surface area contributed by atoms with Gasteiger partial charge in [0, 0.05) is 30.6 Å². The molecule has 0 atom stereocenters. The van der Waals surface area contributed by atoms with E-state index in [-0.39, 0.29) is 24.5 Å². The molecule has 0 aliphatic carbocycles. The highest BCUT2D eigenvalue weighted by Crippen LogP contribution is 2.22. The highest BCUT2D eigenvalue weighted by Gasteiger charge is 2.21. The first kappa shape index (κ1) is 13.3. The molecule has 1 fully saturated rings. The van der Waals surface area contributed by atoms with Crippen molar-refractivity contribution >= 4 is 23.3 Å². The number of ketones is 1. The van der Waals surface area contributed by atoms with E-state index in [2.05, 4.69) is 0 Å². The summed E-state index contributed by atoms with van der Waals surface area (Å²) in [5, 5.41) is 8.53. The van der Waals surface area contributed by atoms with E-state index in [9.17, 15) is 14.4 Å². The molecule has 100 valence electrons. The van der Waals surface area contributed by atoms with Crippen LogP contribution in [0.2, 0.25) is 0 Å². The van der Waals surface area contributed by atoms with Gasteiger partial charge in [-0.15, -0.1) is 0 Å². The molecule has 0 radical (unpaired) electrons. The molecule has 0 spiro atoms. The number of aliphatic carboxylic acids is 1. The Kier molecular flexibility index (Phi) is 3.94. The van der Waals surface area contributed by atoms with Gasteiger partial charge in [0.05, 0.1) is 6.42 Å². The first-order valence-electron chi connectivity index (χ1n) is 6.23. The van der Waals surface area contributed by atoms with Gasteiger partial charge in [0.25, 0.3) is 0 Å². The molecular weight excluding hydrogens is 246 g/mol. The summed E-state index contributed by atoms with van der Waals surface area (Å²) >= 11 is 0. The standard InChI is InChI=1S/C14H15NO4/c16-12(7-8-14(18)19)10-3-5-11(6-4-10)15-9-1-2-13(15)17/h3-6H,1-2,7-9H2,(H,18,19). The molecule has 1 N–H and O–H groups in total. The molecule has 1 heterocycles. The second-order valence-corrected chi connectivity index (χ2v) is 4.51. The molecule has 0 bridgehead atoms. The number of amides is 1. The fourth-order valence-electron chi connectivity index (χ4n) is 2.11. The zero-order chi connectivity index (χ0) is 13.8. The number of carbonyl (C=O) groups is 3. The zero-order valence-corrected chi connectivity index (χ0v) is 10.5. The summed E-state index contributed by atoms with van der Waals surface area (Å²) in [5.74, 6) is -1.07. The largest absolute Gasteiger partial charge is 0.481 e. The van der Waals surface area contributed by atoms with Crippen LogP contribution in [0.1, 0.15) is 36.0 Å². The summed E-state index contributed by atoms with van der Waals surface area (Å²) in [6.07, 6.45) is 1.26. The molecule has 1 saturated heterocycles. The predicted molar refractivity (Wildman–Crippen MR) is 69.2 cm³/mol. The van der Waals surface area contributed by atoms with Gasteiger partial charge in [0.15, 0.2) is 5.78 Å². The van der Waals surface area contributed by atoms with Crippen LogP contribution in [0.25, 0.3) is 0 Å². The molecule has 0 saturated carbocycles. The van der Waals surface area contributed by atoms with E-state index in [1.807, 2.05) is 0 Å². The normalized spacial score (nSPS) is 14.7. The zero-order valence-electron chi connectivity index (χ0n) is 10.5. The van der Waals surface area contributed by atoms with E-state index in [1.54, 1.807) is 29.2 Å². The van der Waals surface area contributed by atoms with Crippen LogP contribution in [-0.4, -0.2) is 29.3 Å². The smallest absolute Gasteiger partial charge is 0.303 e. The molecular formula is C14H15NO4. The quantitative estimate of drug-likeness (QED) is 0.821. The van der Waals surface area contributed by atoms with Crippen LogP contribution in [0.3, 0.4) is 0 Å². The average Bonchev–Trinajstić information content (AvgIpc) is 2.82. The second kappa shape index (κ2) is 5.65. The van der Waals surface area contributed by atoms with Crippen LogP contribution < -0.4 is 4.90 Å². The van der Waals surface area contributed by atoms with Gasteiger partial charge < -0.3 is 10.0 Å². The van der Waals surface area contributed by atoms with Gasteiger partial charge >= 0.3 is 5.97 Å². The Morgan fingerprint density at radius 1 is 1.16 bits per heavy atom. The van der Waals surface area contributed by atoms with Crippen molar-refractivity contribution in [3.8, 4) is 0 Å². The van der Waals surface area contributed by atoms with Crippen LogP contribution >= 0.6 is 0 Å². The van der Waals surface area contributed by atoms with Gasteiger partial charge in [-0.05, 0) is 30.7 Å². The average molecular weight is 261 g/mol. The Morgan fingerprint density at radius 3 is 2.37 bits per heavy atom. The predicted octanol–water partition coefficient (Wildman–Crippen LogP) is 1.86. The molecule has 1 amide bonds. The lowest BCUT2D eigenvalue weighted by atomic mass is 10.1. The highest BCUT2D eigenvalue weighted by molar-refractivity contribution is 5.99. The number of carbonyl (C=O) groups excluding carboxylic acids is 2. The molecule has 2 rings (SSSR count). The number of hydrogen-bond donors (Lipinski definition) is 1. The summed E-state index contributed by atoms with van der Waals surface area (Å²) in [7, 11) is 0. The molecule has 0 unspecified atom stereocenters. The Labute approximate surface area is 110 Å². The van der Waals surface area contributed by atoms with Crippen molar-refractivity contribution in [3.05, 3.63) is 29.8 Å². The highest BCUT2D eigenvalue weighted by atomic mass is 16.4. The number of Topliss-reactive ketones (excluding diaryl/α,β-unsaturated/α-hetero) is 1. The molecule has 19 heavy (non-hydrogen) atoms. The van der Waals surface area contributed by atoms with Crippen molar-refractivity contribution in [2.24, 2.45) is 0 Å². The molecule has 1 aromatic rings. The Balaban J connectivity index is 2.03. The van der Waals surface area contributed by atoms with Crippen LogP contribution in [0.15, 0.2) is 24.3 Å². The molecule has 5 heteroatoms. The minimum absolute atomic E-state index is 0.00265. The van der Waals surface area contributed by atoms with Crippen molar-refractivity contribution in [2.75, 3.05) is 11.4 Å². The topological polar surface area (TPSA) is 74.7 Å². The van der Waals surface area contributed by atoms with Crippen LogP contribution in [0.4, 0.5) is 5.69 Å². The fraction of sp³-hybridized carbons (Fsp3) is 0.357. The second-order valence-electron chi connectivity index (χ2n) is 4.51. The van der Waals surface area contributed by atoms with E-state index in [0.29, 0.717) is 18.5 Å². The number of rotatable bonds is 5. The lowest BCUT2D eigenvalue weighted by Gasteiger charge is -2.15. The van der Waals surface area contributed by atoms with Crippen LogP contribution in [0.5, 0.6) is 0 Å². The number of hydrogen-bond acceptors (Lipinski definition) is 3. The third-order valence-corrected chi connectivity index (χ3v) is 3.14. The van der Waals surface area contributed by atoms with Gasteiger partial charge in [0.2, 0.25) is 5.91 Å². The van der Waals surface area contributed by atoms with Crippen molar-refractivity contribution < 1.29 is 19.5 Å². The Hall–Kier alpha value is -2.17. The number of carboxylic acid groups (broad SMARTS) is 1. The van der Waals surface area contributed by atoms with E-state index in [4.69, 9.17) is 5.11 Å². The molecule has 1 aliphatic rings. The van der Waals surface area contributed by atoms with Crippen molar-refractivity contribution in [1.29, 1.82) is 0 Å². The van der Waals surface area contributed by atoms with Gasteiger partial charge in [-0.1, -0.05) is 0 Å². The third-order valence-electron chi connectivity index (χ3n) is 3.14.